The molecule has 4 nitrogen and oxygen atoms in total. The standard InChI is InChI=1S/C8H11ClN4/c1-13(2)7-5-3-10-4-6(5)11-8(9)12-7/h10H,3-4H2,1-2H3. The maximum absolute atomic E-state index is 5.80. The highest BCUT2D eigenvalue weighted by atomic mass is 35.5. The van der Waals surface area contributed by atoms with Gasteiger partial charge in [-0.1, -0.05) is 0 Å². The highest BCUT2D eigenvalue weighted by molar-refractivity contribution is 6.28. The van der Waals surface area contributed by atoms with Gasteiger partial charge in [0.05, 0.1) is 5.69 Å². The lowest BCUT2D eigenvalue weighted by atomic mass is 10.2. The molecule has 0 saturated heterocycles. The minimum Gasteiger partial charge on any atom is -0.362 e. The molecular formula is C8H11ClN4. The maximum atomic E-state index is 5.80. The van der Waals surface area contributed by atoms with Gasteiger partial charge in [-0.15, -0.1) is 0 Å². The van der Waals surface area contributed by atoms with Crippen molar-refractivity contribution in [1.82, 2.24) is 15.3 Å². The Hall–Kier alpha value is -0.870. The number of anilines is 1. The Labute approximate surface area is 81.9 Å². The molecule has 0 spiro atoms. The number of fused-ring (bicyclic) bond motifs is 1. The Bertz CT molecular complexity index is 337. The van der Waals surface area contributed by atoms with E-state index in [-0.39, 0.29) is 0 Å². The number of nitrogens with zero attached hydrogens (tertiary/aromatic N) is 3. The molecule has 0 amide bonds. The van der Waals surface area contributed by atoms with Crippen molar-refractivity contribution in [1.29, 1.82) is 0 Å². The summed E-state index contributed by atoms with van der Waals surface area (Å²) < 4.78 is 0. The van der Waals surface area contributed by atoms with Crippen LogP contribution in [0, 0.1) is 0 Å². The molecule has 5 heteroatoms. The second-order valence-electron chi connectivity index (χ2n) is 3.24. The van der Waals surface area contributed by atoms with Gasteiger partial charge in [0.25, 0.3) is 0 Å². The monoisotopic (exact) mass is 198 g/mol. The van der Waals surface area contributed by atoms with Crippen LogP contribution in [0.5, 0.6) is 0 Å². The first-order valence-electron chi connectivity index (χ1n) is 4.12. The Morgan fingerprint density at radius 1 is 1.31 bits per heavy atom. The molecule has 1 aromatic heterocycles. The van der Waals surface area contributed by atoms with Gasteiger partial charge < -0.3 is 10.2 Å². The summed E-state index contributed by atoms with van der Waals surface area (Å²) in [5.41, 5.74) is 2.18. The summed E-state index contributed by atoms with van der Waals surface area (Å²) in [7, 11) is 3.91. The van der Waals surface area contributed by atoms with Crippen LogP contribution in [0.3, 0.4) is 0 Å². The van der Waals surface area contributed by atoms with Gasteiger partial charge in [-0.25, -0.2) is 9.97 Å². The predicted octanol–water partition coefficient (Wildman–Crippen LogP) is 0.799. The smallest absolute Gasteiger partial charge is 0.224 e. The SMILES string of the molecule is CN(C)c1nc(Cl)nc2c1CNC2. The zero-order valence-corrected chi connectivity index (χ0v) is 8.39. The zero-order valence-electron chi connectivity index (χ0n) is 7.63. The van der Waals surface area contributed by atoms with Gasteiger partial charge in [-0.05, 0) is 11.6 Å². The van der Waals surface area contributed by atoms with Gasteiger partial charge in [0.1, 0.15) is 5.82 Å². The van der Waals surface area contributed by atoms with Crippen LogP contribution in [0.4, 0.5) is 5.82 Å². The zero-order chi connectivity index (χ0) is 9.42. The van der Waals surface area contributed by atoms with E-state index in [0.717, 1.165) is 30.2 Å². The number of aromatic nitrogens is 2. The molecule has 0 aromatic carbocycles. The first kappa shape index (κ1) is 8.72. The molecule has 1 aliphatic rings. The fraction of sp³-hybridized carbons (Fsp3) is 0.500. The van der Waals surface area contributed by atoms with E-state index in [1.807, 2.05) is 19.0 Å². The molecule has 70 valence electrons. The van der Waals surface area contributed by atoms with E-state index in [0.29, 0.717) is 5.28 Å². The van der Waals surface area contributed by atoms with Crippen molar-refractivity contribution in [2.45, 2.75) is 13.1 Å². The van der Waals surface area contributed by atoms with Gasteiger partial charge in [0.15, 0.2) is 0 Å². The van der Waals surface area contributed by atoms with E-state index in [9.17, 15) is 0 Å². The number of hydrogen-bond donors (Lipinski definition) is 1. The van der Waals surface area contributed by atoms with E-state index in [2.05, 4.69) is 15.3 Å². The molecular weight excluding hydrogens is 188 g/mol. The van der Waals surface area contributed by atoms with Crippen molar-refractivity contribution >= 4 is 17.4 Å². The van der Waals surface area contributed by atoms with Crippen molar-refractivity contribution in [2.75, 3.05) is 19.0 Å². The summed E-state index contributed by atoms with van der Waals surface area (Å²) in [5, 5.41) is 3.55. The van der Waals surface area contributed by atoms with Gasteiger partial charge in [0, 0.05) is 32.7 Å². The predicted molar refractivity (Wildman–Crippen MR) is 51.9 cm³/mol. The third kappa shape index (κ3) is 1.47. The Balaban J connectivity index is 2.55. The number of nitrogens with one attached hydrogen (secondary N) is 1. The summed E-state index contributed by atoms with van der Waals surface area (Å²) >= 11 is 5.80. The molecule has 1 aliphatic heterocycles. The van der Waals surface area contributed by atoms with Crippen LogP contribution in [0.2, 0.25) is 5.28 Å². The number of halogens is 1. The Kier molecular flexibility index (Phi) is 2.09. The second kappa shape index (κ2) is 3.12. The Morgan fingerprint density at radius 2 is 2.08 bits per heavy atom. The topological polar surface area (TPSA) is 41.1 Å². The van der Waals surface area contributed by atoms with Crippen LogP contribution < -0.4 is 10.2 Å². The van der Waals surface area contributed by atoms with Crippen molar-refractivity contribution in [3.05, 3.63) is 16.5 Å². The van der Waals surface area contributed by atoms with Crippen LogP contribution >= 0.6 is 11.6 Å². The van der Waals surface area contributed by atoms with E-state index >= 15 is 0 Å². The first-order valence-corrected chi connectivity index (χ1v) is 4.49. The molecule has 1 N–H and O–H groups in total. The summed E-state index contributed by atoms with van der Waals surface area (Å²) in [5.74, 6) is 0.917. The molecule has 13 heavy (non-hydrogen) atoms. The van der Waals surface area contributed by atoms with Crippen LogP contribution in [0.1, 0.15) is 11.3 Å². The molecule has 2 heterocycles. The fourth-order valence-corrected chi connectivity index (χ4v) is 1.67. The van der Waals surface area contributed by atoms with Crippen LogP contribution in [-0.4, -0.2) is 24.1 Å². The van der Waals surface area contributed by atoms with Crippen LogP contribution in [0.25, 0.3) is 0 Å². The third-order valence-corrected chi connectivity index (χ3v) is 2.23. The lowest BCUT2D eigenvalue weighted by molar-refractivity contribution is 0.757. The average molecular weight is 199 g/mol. The molecule has 2 rings (SSSR count). The summed E-state index contributed by atoms with van der Waals surface area (Å²) in [6.45, 7) is 1.62. The summed E-state index contributed by atoms with van der Waals surface area (Å²) in [4.78, 5) is 10.3. The molecule has 0 bridgehead atoms. The van der Waals surface area contributed by atoms with Crippen molar-refractivity contribution in [3.8, 4) is 0 Å². The highest BCUT2D eigenvalue weighted by Crippen LogP contribution is 2.24. The molecule has 0 radical (unpaired) electrons. The van der Waals surface area contributed by atoms with Crippen LogP contribution in [-0.2, 0) is 13.1 Å². The maximum Gasteiger partial charge on any atom is 0.224 e. The van der Waals surface area contributed by atoms with Crippen molar-refractivity contribution < 1.29 is 0 Å². The summed E-state index contributed by atoms with van der Waals surface area (Å²) in [6.07, 6.45) is 0. The first-order chi connectivity index (χ1) is 6.18. The van der Waals surface area contributed by atoms with Crippen molar-refractivity contribution in [3.63, 3.8) is 0 Å². The van der Waals surface area contributed by atoms with Crippen LogP contribution in [0.15, 0.2) is 0 Å². The van der Waals surface area contributed by atoms with E-state index in [1.54, 1.807) is 0 Å². The minimum atomic E-state index is 0.325. The largest absolute Gasteiger partial charge is 0.362 e. The molecule has 0 unspecified atom stereocenters. The van der Waals surface area contributed by atoms with Gasteiger partial charge >= 0.3 is 0 Å². The normalized spacial score (nSPS) is 14.4. The molecule has 0 atom stereocenters. The summed E-state index contributed by atoms with van der Waals surface area (Å²) in [6, 6.07) is 0. The molecule has 0 aliphatic carbocycles. The van der Waals surface area contributed by atoms with Gasteiger partial charge in [-0.2, -0.15) is 0 Å². The van der Waals surface area contributed by atoms with E-state index in [4.69, 9.17) is 11.6 Å². The minimum absolute atomic E-state index is 0.325. The molecule has 1 aromatic rings. The van der Waals surface area contributed by atoms with Crippen molar-refractivity contribution in [2.24, 2.45) is 0 Å². The molecule has 0 saturated carbocycles. The highest BCUT2D eigenvalue weighted by Gasteiger charge is 2.19. The fourth-order valence-electron chi connectivity index (χ4n) is 1.49. The lowest BCUT2D eigenvalue weighted by Gasteiger charge is -2.14. The van der Waals surface area contributed by atoms with Gasteiger partial charge in [0.2, 0.25) is 5.28 Å². The number of hydrogen-bond acceptors (Lipinski definition) is 4. The third-order valence-electron chi connectivity index (χ3n) is 2.06. The Morgan fingerprint density at radius 3 is 2.77 bits per heavy atom. The van der Waals surface area contributed by atoms with E-state index in [1.165, 1.54) is 0 Å². The lowest BCUT2D eigenvalue weighted by Crippen LogP contribution is -2.14. The molecule has 0 fully saturated rings. The second-order valence-corrected chi connectivity index (χ2v) is 3.58. The average Bonchev–Trinajstić information content (AvgIpc) is 2.49. The van der Waals surface area contributed by atoms with E-state index < -0.39 is 0 Å². The van der Waals surface area contributed by atoms with Gasteiger partial charge in [-0.3, -0.25) is 0 Å². The quantitative estimate of drug-likeness (QED) is 0.678. The number of rotatable bonds is 1.